The Hall–Kier alpha value is -11.2. The molecular weight excluding hydrogens is 1090 g/mol. The number of rotatable bonds is 9. The molecule has 0 amide bonds. The van der Waals surface area contributed by atoms with E-state index < -0.39 is 13.5 Å². The van der Waals surface area contributed by atoms with Crippen LogP contribution >= 0.6 is 0 Å². The van der Waals surface area contributed by atoms with Crippen LogP contribution in [0.15, 0.2) is 336 Å². The molecule has 0 bridgehead atoms. The number of anilines is 6. The summed E-state index contributed by atoms with van der Waals surface area (Å²) in [4.78, 5) is 5.00. The van der Waals surface area contributed by atoms with Gasteiger partial charge in [-0.25, -0.2) is 0 Å². The summed E-state index contributed by atoms with van der Waals surface area (Å²) in [5.41, 5.74) is 19.2. The van der Waals surface area contributed by atoms with Gasteiger partial charge in [-0.15, -0.1) is 0 Å². The van der Waals surface area contributed by atoms with Gasteiger partial charge in [-0.2, -0.15) is 0 Å². The van der Waals surface area contributed by atoms with Crippen molar-refractivity contribution in [3.8, 4) is 22.3 Å². The summed E-state index contributed by atoms with van der Waals surface area (Å²) in [6.45, 7) is 0. The molecule has 0 saturated carbocycles. The van der Waals surface area contributed by atoms with E-state index in [-0.39, 0.29) is 0 Å². The van der Waals surface area contributed by atoms with Gasteiger partial charge in [0.2, 0.25) is 0 Å². The molecular formula is C83H54N2O2Si. The number of para-hydroxylation sites is 4. The molecule has 0 spiro atoms. The topological polar surface area (TPSA) is 32.8 Å². The summed E-state index contributed by atoms with van der Waals surface area (Å²) in [6, 6.07) is 121. The number of nitrogens with zero attached hydrogens (tertiary/aromatic N) is 2. The zero-order valence-corrected chi connectivity index (χ0v) is 48.9. The minimum absolute atomic E-state index is 0.614. The van der Waals surface area contributed by atoms with E-state index in [1.165, 1.54) is 70.5 Å². The minimum atomic E-state index is -3.50. The molecule has 4 nitrogen and oxygen atoms in total. The summed E-state index contributed by atoms with van der Waals surface area (Å²) in [5, 5.41) is 11.8. The van der Waals surface area contributed by atoms with Crippen LogP contribution in [0.3, 0.4) is 0 Å². The van der Waals surface area contributed by atoms with Crippen LogP contribution in [0.4, 0.5) is 34.1 Å². The molecule has 0 atom stereocenters. The second-order valence-electron chi connectivity index (χ2n) is 23.4. The van der Waals surface area contributed by atoms with Crippen LogP contribution in [-0.2, 0) is 5.41 Å². The maximum absolute atomic E-state index is 6.91. The Balaban J connectivity index is 0.941. The lowest BCUT2D eigenvalue weighted by molar-refractivity contribution is 0.669. The summed E-state index contributed by atoms with van der Waals surface area (Å²) < 4.78 is 13.8. The molecule has 0 unspecified atom stereocenters. The first-order valence-electron chi connectivity index (χ1n) is 30.3. The van der Waals surface area contributed by atoms with Crippen LogP contribution < -0.4 is 30.5 Å². The Labute approximate surface area is 510 Å². The number of benzene rings is 14. The van der Waals surface area contributed by atoms with E-state index in [0.29, 0.717) is 0 Å². The summed E-state index contributed by atoms with van der Waals surface area (Å²) >= 11 is 0. The largest absolute Gasteiger partial charge is 0.456 e. The van der Waals surface area contributed by atoms with Gasteiger partial charge in [0.05, 0.1) is 5.41 Å². The van der Waals surface area contributed by atoms with E-state index in [2.05, 4.69) is 337 Å². The van der Waals surface area contributed by atoms with Crippen LogP contribution in [0.2, 0.25) is 0 Å². The molecule has 88 heavy (non-hydrogen) atoms. The molecule has 18 rings (SSSR count). The number of hydrogen-bond acceptors (Lipinski definition) is 4. The second kappa shape index (κ2) is 19.7. The third kappa shape index (κ3) is 7.32. The van der Waals surface area contributed by atoms with E-state index in [9.17, 15) is 0 Å². The van der Waals surface area contributed by atoms with Gasteiger partial charge in [0.15, 0.2) is 8.07 Å². The standard InChI is InChI=1S/C83H54N2O2Si/c1-4-23-57(24-5-1)83(58-25-6-2-7-26-58)73-34-15-12-30-67(73)68-47-43-61(51-74(68)83)84(60-41-39-56(40-42-60)66-33-20-22-55-21-10-11-29-65(55)66)62-44-50-76-82(52-62)88(63-45-48-71-69-31-13-17-36-77(69)86-79(71)53-63,64-46-49-72-70-32-14-18-37-78(70)87-80(72)54-64)81-38-19-16-35-75(81)85(76)59-27-8-3-9-28-59/h1-54H. The van der Waals surface area contributed by atoms with Gasteiger partial charge in [-0.1, -0.05) is 243 Å². The van der Waals surface area contributed by atoms with Gasteiger partial charge in [0, 0.05) is 55.7 Å². The van der Waals surface area contributed by atoms with Crippen LogP contribution in [0.5, 0.6) is 0 Å². The fourth-order valence-corrected chi connectivity index (χ4v) is 20.4. The normalized spacial score (nSPS) is 13.6. The van der Waals surface area contributed by atoms with E-state index in [1.807, 2.05) is 0 Å². The first-order chi connectivity index (χ1) is 43.6. The molecule has 0 fully saturated rings. The molecule has 3 heterocycles. The van der Waals surface area contributed by atoms with E-state index >= 15 is 0 Å². The number of hydrogen-bond donors (Lipinski definition) is 0. The van der Waals surface area contributed by atoms with Crippen molar-refractivity contribution in [1.82, 2.24) is 0 Å². The van der Waals surface area contributed by atoms with E-state index in [4.69, 9.17) is 8.83 Å². The molecule has 2 aliphatic rings. The predicted molar refractivity (Wildman–Crippen MR) is 368 cm³/mol. The smallest absolute Gasteiger partial charge is 0.184 e. The molecule has 2 aromatic heterocycles. The van der Waals surface area contributed by atoms with Crippen molar-refractivity contribution < 1.29 is 8.83 Å². The average Bonchev–Trinajstić information content (AvgIpc) is 1.06. The average molecular weight is 1140 g/mol. The summed E-state index contributed by atoms with van der Waals surface area (Å²) in [5.74, 6) is 0. The maximum atomic E-state index is 6.91. The summed E-state index contributed by atoms with van der Waals surface area (Å²) in [7, 11) is -3.50. The monoisotopic (exact) mass is 1140 g/mol. The molecule has 1 aliphatic carbocycles. The van der Waals surface area contributed by atoms with Crippen LogP contribution in [-0.4, -0.2) is 8.07 Å². The Morgan fingerprint density at radius 3 is 1.50 bits per heavy atom. The Bertz CT molecular complexity index is 5260. The number of fused-ring (bicyclic) bond motifs is 12. The van der Waals surface area contributed by atoms with Crippen molar-refractivity contribution in [3.05, 3.63) is 350 Å². The lowest BCUT2D eigenvalue weighted by atomic mass is 9.67. The highest BCUT2D eigenvalue weighted by molar-refractivity contribution is 7.21. The third-order valence-electron chi connectivity index (χ3n) is 19.0. The Kier molecular flexibility index (Phi) is 11.2. The van der Waals surface area contributed by atoms with Gasteiger partial charge in [-0.3, -0.25) is 0 Å². The van der Waals surface area contributed by atoms with Crippen molar-refractivity contribution in [2.45, 2.75) is 5.41 Å². The SMILES string of the molecule is c1ccc(N2c3ccccc3[Si](c3ccc4c(c3)oc3ccccc34)(c3ccc4c(c3)oc3ccccc34)c3cc(N(c4ccc(-c5cccc6ccccc56)cc4)c4ccc5c(c4)C(c4ccccc4)(c4ccccc4)c4ccccc4-5)ccc32)cc1. The lowest BCUT2D eigenvalue weighted by Crippen LogP contribution is -2.77. The fourth-order valence-electron chi connectivity index (χ4n) is 15.3. The lowest BCUT2D eigenvalue weighted by Gasteiger charge is -2.45. The molecule has 0 radical (unpaired) electrons. The maximum Gasteiger partial charge on any atom is 0.184 e. The van der Waals surface area contributed by atoms with Crippen molar-refractivity contribution in [3.63, 3.8) is 0 Å². The molecule has 0 saturated heterocycles. The quantitative estimate of drug-likeness (QED) is 0.135. The first kappa shape index (κ1) is 50.1. The highest BCUT2D eigenvalue weighted by Gasteiger charge is 2.51. The van der Waals surface area contributed by atoms with Gasteiger partial charge < -0.3 is 18.6 Å². The number of furan rings is 2. The van der Waals surface area contributed by atoms with Gasteiger partial charge >= 0.3 is 0 Å². The van der Waals surface area contributed by atoms with Gasteiger partial charge in [0.1, 0.15) is 22.3 Å². The fraction of sp³-hybridized carbons (Fsp3) is 0.0120. The van der Waals surface area contributed by atoms with Crippen molar-refractivity contribution in [2.24, 2.45) is 0 Å². The van der Waals surface area contributed by atoms with Crippen molar-refractivity contribution in [2.75, 3.05) is 9.80 Å². The van der Waals surface area contributed by atoms with Crippen LogP contribution in [0.1, 0.15) is 22.3 Å². The van der Waals surface area contributed by atoms with Crippen molar-refractivity contribution in [1.29, 1.82) is 0 Å². The second-order valence-corrected chi connectivity index (χ2v) is 27.2. The van der Waals surface area contributed by atoms with Crippen molar-refractivity contribution >= 4 is 118 Å². The zero-order valence-electron chi connectivity index (χ0n) is 47.9. The van der Waals surface area contributed by atoms with E-state index in [1.54, 1.807) is 0 Å². The molecule has 1 aliphatic heterocycles. The molecule has 5 heteroatoms. The van der Waals surface area contributed by atoms with Gasteiger partial charge in [-0.05, 0) is 161 Å². The summed E-state index contributed by atoms with van der Waals surface area (Å²) in [6.07, 6.45) is 0. The van der Waals surface area contributed by atoms with E-state index in [0.717, 1.165) is 83.6 Å². The highest BCUT2D eigenvalue weighted by atomic mass is 28.3. The first-order valence-corrected chi connectivity index (χ1v) is 32.3. The minimum Gasteiger partial charge on any atom is -0.456 e. The third-order valence-corrected chi connectivity index (χ3v) is 23.8. The Morgan fingerprint density at radius 1 is 0.307 bits per heavy atom. The predicted octanol–water partition coefficient (Wildman–Crippen LogP) is 19.3. The molecule has 0 N–H and O–H groups in total. The van der Waals surface area contributed by atoms with Crippen LogP contribution in [0, 0.1) is 0 Å². The molecule has 14 aromatic carbocycles. The van der Waals surface area contributed by atoms with Gasteiger partial charge in [0.25, 0.3) is 0 Å². The Morgan fingerprint density at radius 2 is 0.807 bits per heavy atom. The van der Waals surface area contributed by atoms with Crippen LogP contribution in [0.25, 0.3) is 76.9 Å². The highest BCUT2D eigenvalue weighted by Crippen LogP contribution is 2.57. The zero-order chi connectivity index (χ0) is 57.9. The molecule has 412 valence electrons. The molecule has 16 aromatic rings.